The zero-order valence-corrected chi connectivity index (χ0v) is 23.5. The van der Waals surface area contributed by atoms with Crippen LogP contribution in [-0.4, -0.2) is 45.3 Å². The molecule has 3 aromatic carbocycles. The second kappa shape index (κ2) is 9.71. The van der Waals surface area contributed by atoms with Gasteiger partial charge in [0, 0.05) is 42.2 Å². The van der Waals surface area contributed by atoms with E-state index in [1.807, 2.05) is 34.9 Å². The Balaban J connectivity index is 1.55. The van der Waals surface area contributed by atoms with Gasteiger partial charge in [0.2, 0.25) is 5.91 Å². The first kappa shape index (κ1) is 25.4. The van der Waals surface area contributed by atoms with E-state index in [2.05, 4.69) is 87.0 Å². The van der Waals surface area contributed by atoms with Crippen LogP contribution < -0.4 is 0 Å². The number of benzene rings is 3. The van der Waals surface area contributed by atoms with Crippen LogP contribution in [0.4, 0.5) is 0 Å². The van der Waals surface area contributed by atoms with Gasteiger partial charge < -0.3 is 14.4 Å². The van der Waals surface area contributed by atoms with Gasteiger partial charge in [-0.3, -0.25) is 9.59 Å². The lowest BCUT2D eigenvalue weighted by molar-refractivity contribution is -0.138. The Kier molecular flexibility index (Phi) is 6.33. The van der Waals surface area contributed by atoms with Crippen LogP contribution in [0.25, 0.3) is 22.2 Å². The van der Waals surface area contributed by atoms with Gasteiger partial charge in [-0.05, 0) is 55.4 Å². The van der Waals surface area contributed by atoms with Crippen LogP contribution in [0.1, 0.15) is 60.3 Å². The zero-order valence-electron chi connectivity index (χ0n) is 23.5. The quantitative estimate of drug-likeness (QED) is 0.305. The fraction of sp³-hybridized carbons (Fsp3) is 0.353. The number of carbonyl (C=O) groups is 2. The minimum atomic E-state index is -0.586. The molecule has 4 atom stereocenters. The lowest BCUT2D eigenvalue weighted by Crippen LogP contribution is -2.52. The molecule has 1 aromatic heterocycles. The van der Waals surface area contributed by atoms with E-state index < -0.39 is 6.04 Å². The third-order valence-corrected chi connectivity index (χ3v) is 8.70. The molecule has 1 fully saturated rings. The molecule has 2 aliphatic heterocycles. The Labute approximate surface area is 231 Å². The van der Waals surface area contributed by atoms with Gasteiger partial charge in [0.1, 0.15) is 6.04 Å². The maximum absolute atomic E-state index is 14.1. The van der Waals surface area contributed by atoms with E-state index in [9.17, 15) is 9.59 Å². The van der Waals surface area contributed by atoms with Crippen LogP contribution >= 0.6 is 0 Å². The van der Waals surface area contributed by atoms with Crippen molar-refractivity contribution in [2.24, 2.45) is 18.9 Å². The lowest BCUT2D eigenvalue weighted by Gasteiger charge is -2.39. The summed E-state index contributed by atoms with van der Waals surface area (Å²) < 4.78 is 2.24. The van der Waals surface area contributed by atoms with Crippen molar-refractivity contribution in [3.63, 3.8) is 0 Å². The largest absolute Gasteiger partial charge is 0.343 e. The van der Waals surface area contributed by atoms with Crippen LogP contribution in [0, 0.1) is 18.8 Å². The number of aryl methyl sites for hydroxylation is 2. The smallest absolute Gasteiger partial charge is 0.255 e. The molecule has 0 radical (unpaired) electrons. The summed E-state index contributed by atoms with van der Waals surface area (Å²) in [6, 6.07) is 23.9. The van der Waals surface area contributed by atoms with E-state index >= 15 is 0 Å². The Morgan fingerprint density at radius 3 is 2.26 bits per heavy atom. The average molecular weight is 520 g/mol. The van der Waals surface area contributed by atoms with E-state index in [-0.39, 0.29) is 17.9 Å². The van der Waals surface area contributed by atoms with Crippen molar-refractivity contribution in [2.75, 3.05) is 13.1 Å². The first-order chi connectivity index (χ1) is 18.8. The van der Waals surface area contributed by atoms with E-state index in [0.717, 1.165) is 52.8 Å². The van der Waals surface area contributed by atoms with Crippen molar-refractivity contribution in [3.8, 4) is 11.3 Å². The van der Waals surface area contributed by atoms with Gasteiger partial charge >= 0.3 is 0 Å². The molecule has 0 spiro atoms. The fourth-order valence-electron chi connectivity index (χ4n) is 7.02. The maximum Gasteiger partial charge on any atom is 0.255 e. The Morgan fingerprint density at radius 2 is 1.54 bits per heavy atom. The van der Waals surface area contributed by atoms with Crippen molar-refractivity contribution in [2.45, 2.75) is 46.2 Å². The second-order valence-electron chi connectivity index (χ2n) is 11.8. The number of fused-ring (bicyclic) bond motifs is 2. The monoisotopic (exact) mass is 519 g/mol. The molecule has 39 heavy (non-hydrogen) atoms. The predicted molar refractivity (Wildman–Crippen MR) is 157 cm³/mol. The normalized spacial score (nSPS) is 21.9. The summed E-state index contributed by atoms with van der Waals surface area (Å²) >= 11 is 0. The molecule has 5 nitrogen and oxygen atoms in total. The van der Waals surface area contributed by atoms with E-state index in [0.29, 0.717) is 17.4 Å². The molecule has 4 aromatic rings. The predicted octanol–water partition coefficient (Wildman–Crippen LogP) is 6.59. The van der Waals surface area contributed by atoms with Crippen LogP contribution in [0.3, 0.4) is 0 Å². The summed E-state index contributed by atoms with van der Waals surface area (Å²) in [5, 5.41) is 1.11. The van der Waals surface area contributed by atoms with E-state index in [4.69, 9.17) is 0 Å². The van der Waals surface area contributed by atoms with Gasteiger partial charge in [-0.1, -0.05) is 80.1 Å². The molecule has 0 bridgehead atoms. The van der Waals surface area contributed by atoms with E-state index in [1.165, 1.54) is 5.56 Å². The Morgan fingerprint density at radius 1 is 0.897 bits per heavy atom. The zero-order chi connectivity index (χ0) is 27.4. The van der Waals surface area contributed by atoms with Gasteiger partial charge in [0.15, 0.2) is 0 Å². The maximum atomic E-state index is 14.1. The van der Waals surface area contributed by atoms with Crippen molar-refractivity contribution < 1.29 is 9.59 Å². The summed E-state index contributed by atoms with van der Waals surface area (Å²) in [7, 11) is 2.10. The molecule has 4 unspecified atom stereocenters. The molecular formula is C34H37N3O2. The molecular weight excluding hydrogens is 482 g/mol. The van der Waals surface area contributed by atoms with Gasteiger partial charge in [0.25, 0.3) is 5.91 Å². The lowest BCUT2D eigenvalue weighted by atomic mass is 9.91. The summed E-state index contributed by atoms with van der Waals surface area (Å²) in [4.78, 5) is 32.0. The highest BCUT2D eigenvalue weighted by Crippen LogP contribution is 2.47. The van der Waals surface area contributed by atoms with Crippen LogP contribution in [0.15, 0.2) is 72.8 Å². The highest BCUT2D eigenvalue weighted by molar-refractivity contribution is 6.04. The number of rotatable bonds is 4. The SMILES string of the molecule is Cc1ccc(-c2c(C3c4ccccc4C(=O)N3C(C)C(=O)N3CC(C)CC(C)C3)c3ccccc3n2C)cc1. The third kappa shape index (κ3) is 4.15. The Hall–Kier alpha value is -3.86. The number of nitrogens with zero attached hydrogens (tertiary/aromatic N) is 3. The van der Waals surface area contributed by atoms with Crippen LogP contribution in [-0.2, 0) is 11.8 Å². The van der Waals surface area contributed by atoms with Crippen molar-refractivity contribution in [3.05, 3.63) is 95.1 Å². The van der Waals surface area contributed by atoms with Crippen LogP contribution in [0.5, 0.6) is 0 Å². The molecule has 0 aliphatic carbocycles. The van der Waals surface area contributed by atoms with Gasteiger partial charge in [0.05, 0.1) is 11.7 Å². The first-order valence-electron chi connectivity index (χ1n) is 14.1. The Bertz CT molecular complexity index is 1560. The highest BCUT2D eigenvalue weighted by atomic mass is 16.2. The van der Waals surface area contributed by atoms with Crippen molar-refractivity contribution in [1.29, 1.82) is 0 Å². The minimum Gasteiger partial charge on any atom is -0.343 e. The second-order valence-corrected chi connectivity index (χ2v) is 11.8. The van der Waals surface area contributed by atoms with Crippen LogP contribution in [0.2, 0.25) is 0 Å². The molecule has 6 rings (SSSR count). The molecule has 3 heterocycles. The van der Waals surface area contributed by atoms with Gasteiger partial charge in [-0.15, -0.1) is 0 Å². The highest BCUT2D eigenvalue weighted by Gasteiger charge is 2.45. The number of hydrogen-bond donors (Lipinski definition) is 0. The molecule has 200 valence electrons. The summed E-state index contributed by atoms with van der Waals surface area (Å²) in [5.74, 6) is 0.880. The summed E-state index contributed by atoms with van der Waals surface area (Å²) in [6.45, 7) is 9.93. The number of hydrogen-bond acceptors (Lipinski definition) is 2. The fourth-order valence-corrected chi connectivity index (χ4v) is 7.02. The van der Waals surface area contributed by atoms with Crippen molar-refractivity contribution in [1.82, 2.24) is 14.4 Å². The average Bonchev–Trinajstić information content (AvgIpc) is 3.38. The topological polar surface area (TPSA) is 45.6 Å². The number of likely N-dealkylation sites (tertiary alicyclic amines) is 1. The molecule has 0 saturated carbocycles. The molecule has 0 N–H and O–H groups in total. The van der Waals surface area contributed by atoms with Crippen molar-refractivity contribution >= 4 is 22.7 Å². The molecule has 1 saturated heterocycles. The molecule has 2 aliphatic rings. The number of carbonyl (C=O) groups excluding carboxylic acids is 2. The number of piperidine rings is 1. The molecule has 5 heteroatoms. The summed E-state index contributed by atoms with van der Waals surface area (Å²) in [5.41, 5.74) is 7.22. The summed E-state index contributed by atoms with van der Waals surface area (Å²) in [6.07, 6.45) is 1.13. The number of amides is 2. The van der Waals surface area contributed by atoms with Gasteiger partial charge in [-0.2, -0.15) is 0 Å². The van der Waals surface area contributed by atoms with E-state index in [1.54, 1.807) is 0 Å². The number of para-hydroxylation sites is 1. The standard InChI is InChI=1S/C34H37N3O2/c1-21-14-16-25(17-15-21)31-30(28-12-8-9-13-29(28)35(31)5)32-26-10-6-7-11-27(26)34(39)37(32)24(4)33(38)36-19-22(2)18-23(3)20-36/h6-17,22-24,32H,18-20H2,1-5H3. The minimum absolute atomic E-state index is 0.0386. The molecule has 2 amide bonds. The third-order valence-electron chi connectivity index (χ3n) is 8.70. The number of aromatic nitrogens is 1. The van der Waals surface area contributed by atoms with Gasteiger partial charge in [-0.25, -0.2) is 0 Å². The first-order valence-corrected chi connectivity index (χ1v) is 14.1.